The summed E-state index contributed by atoms with van der Waals surface area (Å²) in [5.41, 5.74) is 0.0138. The molecule has 0 fully saturated rings. The number of hydrogen-bond acceptors (Lipinski definition) is 3. The molecule has 0 rings (SSSR count). The Kier molecular flexibility index (Phi) is 6.72. The van der Waals surface area contributed by atoms with Crippen molar-refractivity contribution in [3.8, 4) is 0 Å². The van der Waals surface area contributed by atoms with E-state index in [1.807, 2.05) is 27.7 Å². The molecule has 0 aromatic heterocycles. The van der Waals surface area contributed by atoms with Crippen LogP contribution in [0.5, 0.6) is 0 Å². The van der Waals surface area contributed by atoms with Crippen LogP contribution in [0.1, 0.15) is 34.1 Å². The average Bonchev–Trinajstić information content (AvgIpc) is 2.13. The first kappa shape index (κ1) is 14.9. The molecule has 0 aromatic carbocycles. The van der Waals surface area contributed by atoms with Crippen LogP contribution in [0, 0.1) is 0 Å². The van der Waals surface area contributed by atoms with E-state index in [2.05, 4.69) is 16.0 Å². The number of hydrogen-bond donors (Lipinski definition) is 3. The highest BCUT2D eigenvalue weighted by Crippen LogP contribution is 1.97. The van der Waals surface area contributed by atoms with Crippen molar-refractivity contribution >= 4 is 11.8 Å². The van der Waals surface area contributed by atoms with E-state index in [0.29, 0.717) is 19.5 Å². The van der Waals surface area contributed by atoms with Gasteiger partial charge in [0.1, 0.15) is 0 Å². The highest BCUT2D eigenvalue weighted by molar-refractivity contribution is 5.84. The molecular weight excluding hydrogens is 206 g/mol. The van der Waals surface area contributed by atoms with Gasteiger partial charge < -0.3 is 16.0 Å². The van der Waals surface area contributed by atoms with Gasteiger partial charge in [-0.15, -0.1) is 0 Å². The highest BCUT2D eigenvalue weighted by atomic mass is 16.2. The van der Waals surface area contributed by atoms with Gasteiger partial charge in [0.15, 0.2) is 0 Å². The molecule has 0 radical (unpaired) electrons. The lowest BCUT2D eigenvalue weighted by atomic mass is 10.1. The first-order valence-electron chi connectivity index (χ1n) is 5.63. The van der Waals surface area contributed by atoms with E-state index < -0.39 is 0 Å². The van der Waals surface area contributed by atoms with Crippen LogP contribution < -0.4 is 16.0 Å². The van der Waals surface area contributed by atoms with Crippen molar-refractivity contribution in [1.29, 1.82) is 0 Å². The maximum atomic E-state index is 11.3. The van der Waals surface area contributed by atoms with Gasteiger partial charge in [-0.1, -0.05) is 0 Å². The average molecular weight is 229 g/mol. The summed E-state index contributed by atoms with van der Waals surface area (Å²) in [5, 5.41) is 8.38. The third kappa shape index (κ3) is 9.45. The van der Waals surface area contributed by atoms with Crippen LogP contribution in [-0.2, 0) is 9.59 Å². The summed E-state index contributed by atoms with van der Waals surface area (Å²) in [6, 6.07) is 0. The molecule has 5 nitrogen and oxygen atoms in total. The minimum Gasteiger partial charge on any atom is -0.355 e. The van der Waals surface area contributed by atoms with Crippen LogP contribution in [0.2, 0.25) is 0 Å². The molecule has 0 spiro atoms. The monoisotopic (exact) mass is 229 g/mol. The Labute approximate surface area is 97.4 Å². The van der Waals surface area contributed by atoms with Crippen molar-refractivity contribution in [3.63, 3.8) is 0 Å². The molecular formula is C11H23N3O2. The molecule has 0 unspecified atom stereocenters. The zero-order valence-corrected chi connectivity index (χ0v) is 10.6. The summed E-state index contributed by atoms with van der Waals surface area (Å²) < 4.78 is 0. The van der Waals surface area contributed by atoms with E-state index in [1.54, 1.807) is 0 Å². The maximum absolute atomic E-state index is 11.3. The largest absolute Gasteiger partial charge is 0.355 e. The lowest BCUT2D eigenvalue weighted by Crippen LogP contribution is -2.40. The molecule has 2 amide bonds. The predicted molar refractivity (Wildman–Crippen MR) is 64.1 cm³/mol. The zero-order valence-electron chi connectivity index (χ0n) is 10.6. The van der Waals surface area contributed by atoms with Crippen LogP contribution in [0.3, 0.4) is 0 Å². The molecule has 0 bridgehead atoms. The minimum atomic E-state index is -0.153. The molecule has 5 heteroatoms. The number of likely N-dealkylation sites (N-methyl/N-ethyl adjacent to an activating group) is 1. The van der Waals surface area contributed by atoms with Crippen LogP contribution >= 0.6 is 0 Å². The van der Waals surface area contributed by atoms with Gasteiger partial charge in [0, 0.05) is 25.0 Å². The van der Waals surface area contributed by atoms with Gasteiger partial charge in [-0.25, -0.2) is 0 Å². The number of carbonyl (C=O) groups excluding carboxylic acids is 2. The Morgan fingerprint density at radius 3 is 2.19 bits per heavy atom. The fourth-order valence-electron chi connectivity index (χ4n) is 1.08. The number of nitrogens with one attached hydrogen (secondary N) is 3. The van der Waals surface area contributed by atoms with E-state index >= 15 is 0 Å². The zero-order chi connectivity index (χ0) is 12.6. The highest BCUT2D eigenvalue weighted by Gasteiger charge is 2.09. The quantitative estimate of drug-likeness (QED) is 0.601. The van der Waals surface area contributed by atoms with Gasteiger partial charge in [0.05, 0.1) is 6.54 Å². The summed E-state index contributed by atoms with van der Waals surface area (Å²) in [6.07, 6.45) is 0.386. The van der Waals surface area contributed by atoms with Crippen molar-refractivity contribution in [2.75, 3.05) is 19.6 Å². The van der Waals surface area contributed by atoms with Crippen LogP contribution in [0.25, 0.3) is 0 Å². The third-order valence-corrected chi connectivity index (χ3v) is 1.83. The van der Waals surface area contributed by atoms with E-state index in [-0.39, 0.29) is 23.9 Å². The Morgan fingerprint density at radius 2 is 1.69 bits per heavy atom. The molecule has 0 aromatic rings. The van der Waals surface area contributed by atoms with E-state index in [1.165, 1.54) is 0 Å². The summed E-state index contributed by atoms with van der Waals surface area (Å²) in [6.45, 7) is 9.22. The molecule has 0 aliphatic carbocycles. The van der Waals surface area contributed by atoms with Crippen LogP contribution in [0.4, 0.5) is 0 Å². The molecule has 0 atom stereocenters. The molecule has 0 saturated carbocycles. The summed E-state index contributed by atoms with van der Waals surface area (Å²) in [5.74, 6) is -0.261. The molecule has 0 heterocycles. The minimum absolute atomic E-state index is 0.0138. The van der Waals surface area contributed by atoms with E-state index in [4.69, 9.17) is 0 Å². The Morgan fingerprint density at radius 1 is 1.06 bits per heavy atom. The fraction of sp³-hybridized carbons (Fsp3) is 0.818. The van der Waals surface area contributed by atoms with Gasteiger partial charge in [0.2, 0.25) is 11.8 Å². The van der Waals surface area contributed by atoms with Gasteiger partial charge in [-0.05, 0) is 27.7 Å². The molecule has 3 N–H and O–H groups in total. The molecule has 0 aliphatic rings. The molecule has 0 saturated heterocycles. The molecule has 0 aliphatic heterocycles. The second-order valence-corrected chi connectivity index (χ2v) is 4.66. The van der Waals surface area contributed by atoms with E-state index in [9.17, 15) is 9.59 Å². The Hall–Kier alpha value is -1.10. The molecule has 94 valence electrons. The van der Waals surface area contributed by atoms with Crippen molar-refractivity contribution < 1.29 is 9.59 Å². The van der Waals surface area contributed by atoms with Crippen molar-refractivity contribution in [1.82, 2.24) is 16.0 Å². The topological polar surface area (TPSA) is 70.2 Å². The summed E-state index contributed by atoms with van der Waals surface area (Å²) >= 11 is 0. The summed E-state index contributed by atoms with van der Waals surface area (Å²) in [4.78, 5) is 22.3. The van der Waals surface area contributed by atoms with Crippen LogP contribution in [-0.4, -0.2) is 37.0 Å². The second-order valence-electron chi connectivity index (χ2n) is 4.66. The predicted octanol–water partition coefficient (Wildman–Crippen LogP) is 0.0169. The van der Waals surface area contributed by atoms with E-state index in [0.717, 1.165) is 0 Å². The van der Waals surface area contributed by atoms with Gasteiger partial charge in [0.25, 0.3) is 0 Å². The Balaban J connectivity index is 3.56. The number of carbonyl (C=O) groups is 2. The second kappa shape index (κ2) is 7.22. The van der Waals surface area contributed by atoms with Gasteiger partial charge in [-0.2, -0.15) is 0 Å². The SMILES string of the molecule is CCNC(=O)CNC(=O)CCNC(C)(C)C. The smallest absolute Gasteiger partial charge is 0.239 e. The number of rotatable bonds is 6. The Bertz CT molecular complexity index is 234. The van der Waals surface area contributed by atoms with Gasteiger partial charge in [-0.3, -0.25) is 9.59 Å². The molecule has 16 heavy (non-hydrogen) atoms. The normalized spacial score (nSPS) is 11.0. The number of amides is 2. The first-order chi connectivity index (χ1) is 7.35. The third-order valence-electron chi connectivity index (χ3n) is 1.83. The standard InChI is InChI=1S/C11H23N3O2/c1-5-12-10(16)8-13-9(15)6-7-14-11(2,3)4/h14H,5-8H2,1-4H3,(H,12,16)(H,13,15). The van der Waals surface area contributed by atoms with Crippen molar-refractivity contribution in [3.05, 3.63) is 0 Å². The van der Waals surface area contributed by atoms with Crippen molar-refractivity contribution in [2.45, 2.75) is 39.7 Å². The lowest BCUT2D eigenvalue weighted by Gasteiger charge is -2.20. The van der Waals surface area contributed by atoms with Crippen molar-refractivity contribution in [2.24, 2.45) is 0 Å². The van der Waals surface area contributed by atoms with Gasteiger partial charge >= 0.3 is 0 Å². The lowest BCUT2D eigenvalue weighted by molar-refractivity contribution is -0.126. The van der Waals surface area contributed by atoms with Crippen LogP contribution in [0.15, 0.2) is 0 Å². The fourth-order valence-corrected chi connectivity index (χ4v) is 1.08. The maximum Gasteiger partial charge on any atom is 0.239 e. The first-order valence-corrected chi connectivity index (χ1v) is 5.63. The summed E-state index contributed by atoms with van der Waals surface area (Å²) in [7, 11) is 0.